The van der Waals surface area contributed by atoms with Crippen LogP contribution < -0.4 is 0 Å². The van der Waals surface area contributed by atoms with Crippen LogP contribution >= 0.6 is 0 Å². The molecular weight excluding hydrogens is 226 g/mol. The van der Waals surface area contributed by atoms with Crippen LogP contribution in [0, 0.1) is 0 Å². The first-order chi connectivity index (χ1) is 2.41. The zero-order chi connectivity index (χ0) is 4.12. The summed E-state index contributed by atoms with van der Waals surface area (Å²) in [6.45, 7) is 1.98. The molecule has 1 nitrogen and oxygen atoms in total. The van der Waals surface area contributed by atoms with E-state index in [1.54, 1.807) is 0 Å². The van der Waals surface area contributed by atoms with Crippen molar-refractivity contribution in [3.8, 4) is 0 Å². The molecule has 0 heterocycles. The van der Waals surface area contributed by atoms with Gasteiger partial charge in [-0.2, -0.15) is 0 Å². The predicted octanol–water partition coefficient (Wildman–Crippen LogP) is -0.354. The summed E-state index contributed by atoms with van der Waals surface area (Å²) in [5, 5.41) is 0. The molecule has 0 amide bonds. The summed E-state index contributed by atoms with van der Waals surface area (Å²) >= 11 is 0. The number of hydrogen-bond donors (Lipinski definition) is 0. The van der Waals surface area contributed by atoms with Crippen molar-refractivity contribution in [3.05, 3.63) is 0 Å². The average molecular weight is 239 g/mol. The maximum atomic E-state index is 9.40. The third kappa shape index (κ3) is 18.2. The predicted molar refractivity (Wildman–Crippen MR) is 38.9 cm³/mol. The summed E-state index contributed by atoms with van der Waals surface area (Å²) < 4.78 is 0. The van der Waals surface area contributed by atoms with Crippen molar-refractivity contribution in [2.24, 2.45) is 0 Å². The van der Waals surface area contributed by atoms with E-state index in [1.165, 1.54) is 0 Å². The van der Waals surface area contributed by atoms with Gasteiger partial charge in [0, 0.05) is 6.42 Å². The molecule has 0 aliphatic carbocycles. The van der Waals surface area contributed by atoms with Crippen LogP contribution in [-0.4, -0.2) is 68.5 Å². The molecule has 42 valence electrons. The molecule has 0 atom stereocenters. The van der Waals surface area contributed by atoms with Gasteiger partial charge in [-0.3, -0.25) is 0 Å². The molecule has 0 N–H and O–H groups in total. The van der Waals surface area contributed by atoms with Gasteiger partial charge in [0.05, 0.1) is 0 Å². The van der Waals surface area contributed by atoms with Gasteiger partial charge in [0.1, 0.15) is 6.29 Å². The van der Waals surface area contributed by atoms with Gasteiger partial charge < -0.3 is 7.65 Å². The van der Waals surface area contributed by atoms with Crippen molar-refractivity contribution in [1.29, 1.82) is 0 Å². The van der Waals surface area contributed by atoms with Crippen LogP contribution in [0.2, 0.25) is 0 Å². The van der Waals surface area contributed by atoms with Gasteiger partial charge in [-0.05, 0) is 6.42 Å². The van der Waals surface area contributed by atoms with E-state index >= 15 is 0 Å². The van der Waals surface area contributed by atoms with Crippen molar-refractivity contribution >= 4 is 68.5 Å². The summed E-state index contributed by atoms with van der Waals surface area (Å²) in [6, 6.07) is 0. The van der Waals surface area contributed by atoms with Crippen molar-refractivity contribution in [1.82, 2.24) is 0 Å². The van der Waals surface area contributed by atoms with Crippen molar-refractivity contribution in [2.45, 2.75) is 19.8 Å². The quantitative estimate of drug-likeness (QED) is 0.475. The Balaban J connectivity index is -0.0000000133. The molecule has 0 saturated carbocycles. The fraction of sp³-hybridized carbons (Fsp3) is 0.750. The van der Waals surface area contributed by atoms with E-state index in [2.05, 4.69) is 0 Å². The molecule has 0 rings (SSSR count). The minimum atomic E-state index is 0. The van der Waals surface area contributed by atoms with E-state index in [4.69, 9.17) is 0 Å². The van der Waals surface area contributed by atoms with Crippen LogP contribution in [0.4, 0.5) is 0 Å². The Morgan fingerprint density at radius 3 is 2.14 bits per heavy atom. The molecule has 0 radical (unpaired) electrons. The molecule has 0 aromatic rings. The van der Waals surface area contributed by atoms with Crippen LogP contribution in [0.5, 0.6) is 0 Å². The third-order valence-corrected chi connectivity index (χ3v) is 0.407. The number of carbonyl (C=O) groups is 1. The second kappa shape index (κ2) is 15.7. The fourth-order valence-electron chi connectivity index (χ4n) is 0.118. The fourth-order valence-corrected chi connectivity index (χ4v) is 0.118. The normalized spacial score (nSPS) is 5.29. The molecule has 0 saturated heterocycles. The zero-order valence-corrected chi connectivity index (χ0v) is 11.1. The monoisotopic (exact) mass is 238 g/mol. The molecule has 3 heteroatoms. The van der Waals surface area contributed by atoms with Crippen LogP contribution in [0.15, 0.2) is 0 Å². The van der Waals surface area contributed by atoms with E-state index in [9.17, 15) is 4.79 Å². The second-order valence-corrected chi connectivity index (χ2v) is 0.955. The third-order valence-electron chi connectivity index (χ3n) is 0.407. The number of rotatable bonds is 2. The van der Waals surface area contributed by atoms with Crippen LogP contribution in [0.1, 0.15) is 22.6 Å². The zero-order valence-electron chi connectivity index (χ0n) is 6.81. The van der Waals surface area contributed by atoms with Crippen LogP contribution in [0.25, 0.3) is 0 Å². The SMILES string of the molecule is CCCC=O.[Ca+2].[H-].[H-].[SbH3]. The molecule has 7 heavy (non-hydrogen) atoms. The Morgan fingerprint density at radius 2 is 2.14 bits per heavy atom. The van der Waals surface area contributed by atoms with E-state index in [1.807, 2.05) is 6.92 Å². The molecule has 0 aromatic carbocycles. The number of aldehydes is 1. The molecular formula is C4H13CaOSb. The molecule has 0 unspecified atom stereocenters. The van der Waals surface area contributed by atoms with Gasteiger partial charge in [0.15, 0.2) is 0 Å². The van der Waals surface area contributed by atoms with Crippen molar-refractivity contribution < 1.29 is 7.65 Å². The first kappa shape index (κ1) is 15.9. The van der Waals surface area contributed by atoms with Crippen molar-refractivity contribution in [3.63, 3.8) is 0 Å². The first-order valence-corrected chi connectivity index (χ1v) is 1.85. The van der Waals surface area contributed by atoms with Gasteiger partial charge in [0.2, 0.25) is 0 Å². The Morgan fingerprint density at radius 1 is 1.71 bits per heavy atom. The Hall–Kier alpha value is 1.75. The number of unbranched alkanes of at least 4 members (excludes halogenated alkanes) is 1. The Kier molecular flexibility index (Phi) is 35.5. The van der Waals surface area contributed by atoms with Gasteiger partial charge in [-0.25, -0.2) is 0 Å². The molecule has 0 aliphatic rings. The van der Waals surface area contributed by atoms with E-state index in [-0.39, 0.29) is 65.0 Å². The van der Waals surface area contributed by atoms with Crippen LogP contribution in [0.3, 0.4) is 0 Å². The van der Waals surface area contributed by atoms with Gasteiger partial charge in [-0.15, -0.1) is 0 Å². The van der Waals surface area contributed by atoms with Crippen molar-refractivity contribution in [2.75, 3.05) is 0 Å². The molecule has 0 aromatic heterocycles. The maximum absolute atomic E-state index is 9.40. The summed E-state index contributed by atoms with van der Waals surface area (Å²) in [6.07, 6.45) is 2.61. The summed E-state index contributed by atoms with van der Waals surface area (Å²) in [7, 11) is 0. The molecule has 0 aliphatic heterocycles. The van der Waals surface area contributed by atoms with E-state index in [0.29, 0.717) is 6.42 Å². The first-order valence-electron chi connectivity index (χ1n) is 1.85. The van der Waals surface area contributed by atoms with Gasteiger partial charge in [0.25, 0.3) is 0 Å². The average Bonchev–Trinajstić information content (AvgIpc) is 1.41. The second-order valence-electron chi connectivity index (χ2n) is 0.955. The molecule has 0 spiro atoms. The topological polar surface area (TPSA) is 17.1 Å². The summed E-state index contributed by atoms with van der Waals surface area (Å²) in [5.74, 6) is 0. The van der Waals surface area contributed by atoms with Crippen LogP contribution in [-0.2, 0) is 4.79 Å². The van der Waals surface area contributed by atoms with Gasteiger partial charge >= 0.3 is 62.2 Å². The Labute approximate surface area is 94.7 Å². The number of hydrogen-bond acceptors (Lipinski definition) is 1. The molecule has 0 fully saturated rings. The molecule has 0 bridgehead atoms. The summed E-state index contributed by atoms with van der Waals surface area (Å²) in [5.41, 5.74) is 0. The summed E-state index contributed by atoms with van der Waals surface area (Å²) in [4.78, 5) is 9.40. The number of carbonyl (C=O) groups excluding carboxylic acids is 1. The minimum absolute atomic E-state index is 0. The van der Waals surface area contributed by atoms with Gasteiger partial charge in [-0.1, -0.05) is 6.92 Å². The van der Waals surface area contributed by atoms with E-state index < -0.39 is 0 Å². The van der Waals surface area contributed by atoms with E-state index in [0.717, 1.165) is 12.7 Å². The standard InChI is InChI=1S/C4H8O.Ca.Sb.5H/c1-2-3-4-5;;;;;;;/h4H,2-3H2,1H3;;;;;;;/q;+2;;;;;2*-1. The Bertz CT molecular complexity index is 39.7.